The molecule has 0 spiro atoms. The number of non-ortho nitro benzene ring substituents is 1. The summed E-state index contributed by atoms with van der Waals surface area (Å²) >= 11 is 0. The van der Waals surface area contributed by atoms with Crippen LogP contribution in [0.15, 0.2) is 54.6 Å². The van der Waals surface area contributed by atoms with Gasteiger partial charge in [0.1, 0.15) is 5.75 Å². The fourth-order valence-corrected chi connectivity index (χ4v) is 2.05. The fraction of sp³-hybridized carbons (Fsp3) is 0. The van der Waals surface area contributed by atoms with Gasteiger partial charge in [0.2, 0.25) is 0 Å². The van der Waals surface area contributed by atoms with Crippen LogP contribution in [0, 0.1) is 10.1 Å². The van der Waals surface area contributed by atoms with Crippen molar-refractivity contribution in [2.24, 2.45) is 0 Å². The summed E-state index contributed by atoms with van der Waals surface area (Å²) in [5.74, 6) is 0.183. The number of nitro groups is 1. The number of hydrogen-bond acceptors (Lipinski definition) is 4. The Morgan fingerprint density at radius 2 is 1.90 bits per heavy atom. The van der Waals surface area contributed by atoms with Crippen LogP contribution in [0.1, 0.15) is 0 Å². The Morgan fingerprint density at radius 3 is 2.70 bits per heavy atom. The molecule has 0 fully saturated rings. The Hall–Kier alpha value is -2.95. The lowest BCUT2D eigenvalue weighted by atomic mass is 10.1. The van der Waals surface area contributed by atoms with Gasteiger partial charge in [0, 0.05) is 23.1 Å². The Balaban J connectivity index is 2.12. The Bertz CT molecular complexity index is 815. The number of nitro benzene ring substituents is 1. The lowest BCUT2D eigenvalue weighted by molar-refractivity contribution is -0.384. The molecule has 1 aromatic heterocycles. The molecule has 5 nitrogen and oxygen atoms in total. The molecule has 0 saturated heterocycles. The summed E-state index contributed by atoms with van der Waals surface area (Å²) in [4.78, 5) is 14.8. The summed E-state index contributed by atoms with van der Waals surface area (Å²) in [6.45, 7) is 0. The second-order valence-corrected chi connectivity index (χ2v) is 4.38. The van der Waals surface area contributed by atoms with Gasteiger partial charge in [-0.3, -0.25) is 10.1 Å². The third-order valence-electron chi connectivity index (χ3n) is 3.03. The quantitative estimate of drug-likeness (QED) is 0.568. The molecule has 5 heteroatoms. The van der Waals surface area contributed by atoms with E-state index in [1.54, 1.807) is 36.4 Å². The zero-order chi connectivity index (χ0) is 14.1. The lowest BCUT2D eigenvalue weighted by Crippen LogP contribution is -1.89. The molecule has 98 valence electrons. The predicted octanol–water partition coefficient (Wildman–Crippen LogP) is 3.52. The van der Waals surface area contributed by atoms with Crippen molar-refractivity contribution >= 4 is 16.6 Å². The van der Waals surface area contributed by atoms with E-state index in [-0.39, 0.29) is 11.4 Å². The number of pyridine rings is 1. The second kappa shape index (κ2) is 4.62. The molecule has 1 heterocycles. The van der Waals surface area contributed by atoms with Crippen LogP contribution in [-0.2, 0) is 0 Å². The average molecular weight is 266 g/mol. The van der Waals surface area contributed by atoms with Crippen LogP contribution in [0.25, 0.3) is 22.2 Å². The minimum atomic E-state index is -0.428. The molecule has 3 rings (SSSR count). The van der Waals surface area contributed by atoms with Gasteiger partial charge in [-0.05, 0) is 24.3 Å². The van der Waals surface area contributed by atoms with Gasteiger partial charge in [0.15, 0.2) is 0 Å². The summed E-state index contributed by atoms with van der Waals surface area (Å²) in [5, 5.41) is 21.0. The zero-order valence-electron chi connectivity index (χ0n) is 10.4. The number of rotatable bonds is 2. The molecule has 0 aliphatic rings. The smallest absolute Gasteiger partial charge is 0.270 e. The highest BCUT2D eigenvalue weighted by molar-refractivity contribution is 5.83. The van der Waals surface area contributed by atoms with Gasteiger partial charge in [-0.1, -0.05) is 18.2 Å². The van der Waals surface area contributed by atoms with E-state index in [1.165, 1.54) is 12.1 Å². The first-order valence-corrected chi connectivity index (χ1v) is 5.98. The standard InChI is InChI=1S/C15H10N2O3/c18-13-5-7-15-11(9-13)4-6-14(16-15)10-2-1-3-12(8-10)17(19)20/h1-9,18H. The van der Waals surface area contributed by atoms with E-state index in [2.05, 4.69) is 4.98 Å². The molecular formula is C15H10N2O3. The van der Waals surface area contributed by atoms with E-state index in [0.29, 0.717) is 11.3 Å². The summed E-state index contributed by atoms with van der Waals surface area (Å²) in [6.07, 6.45) is 0. The van der Waals surface area contributed by atoms with Crippen molar-refractivity contribution in [1.82, 2.24) is 4.98 Å². The molecule has 0 radical (unpaired) electrons. The van der Waals surface area contributed by atoms with E-state index in [0.717, 1.165) is 10.9 Å². The van der Waals surface area contributed by atoms with Crippen LogP contribution in [0.3, 0.4) is 0 Å². The van der Waals surface area contributed by atoms with E-state index < -0.39 is 4.92 Å². The van der Waals surface area contributed by atoms with E-state index in [1.807, 2.05) is 6.07 Å². The van der Waals surface area contributed by atoms with Crippen molar-refractivity contribution in [1.29, 1.82) is 0 Å². The molecular weight excluding hydrogens is 256 g/mol. The van der Waals surface area contributed by atoms with Crippen LogP contribution in [0.2, 0.25) is 0 Å². The lowest BCUT2D eigenvalue weighted by Gasteiger charge is -2.03. The molecule has 0 aliphatic heterocycles. The highest BCUT2D eigenvalue weighted by Gasteiger charge is 2.08. The third kappa shape index (κ3) is 2.16. The molecule has 0 bridgehead atoms. The van der Waals surface area contributed by atoms with Crippen molar-refractivity contribution in [3.63, 3.8) is 0 Å². The highest BCUT2D eigenvalue weighted by atomic mass is 16.6. The number of hydrogen-bond donors (Lipinski definition) is 1. The summed E-state index contributed by atoms with van der Waals surface area (Å²) in [5.41, 5.74) is 2.11. The largest absolute Gasteiger partial charge is 0.508 e. The van der Waals surface area contributed by atoms with E-state index >= 15 is 0 Å². The molecule has 3 aromatic rings. The number of benzene rings is 2. The van der Waals surface area contributed by atoms with Gasteiger partial charge < -0.3 is 5.11 Å². The average Bonchev–Trinajstić information content (AvgIpc) is 2.47. The minimum Gasteiger partial charge on any atom is -0.508 e. The first kappa shape index (κ1) is 12.1. The summed E-state index contributed by atoms with van der Waals surface area (Å²) in [6, 6.07) is 14.9. The van der Waals surface area contributed by atoms with Crippen molar-refractivity contribution in [2.75, 3.05) is 0 Å². The predicted molar refractivity (Wildman–Crippen MR) is 75.5 cm³/mol. The second-order valence-electron chi connectivity index (χ2n) is 4.38. The maximum absolute atomic E-state index is 10.8. The highest BCUT2D eigenvalue weighted by Crippen LogP contribution is 2.25. The normalized spacial score (nSPS) is 10.6. The van der Waals surface area contributed by atoms with Crippen molar-refractivity contribution in [3.05, 3.63) is 64.7 Å². The maximum atomic E-state index is 10.8. The zero-order valence-corrected chi connectivity index (χ0v) is 10.4. The molecule has 0 saturated carbocycles. The van der Waals surface area contributed by atoms with Crippen molar-refractivity contribution in [2.45, 2.75) is 0 Å². The van der Waals surface area contributed by atoms with E-state index in [9.17, 15) is 15.2 Å². The van der Waals surface area contributed by atoms with Gasteiger partial charge in [-0.25, -0.2) is 4.98 Å². The van der Waals surface area contributed by atoms with Crippen LogP contribution in [0.4, 0.5) is 5.69 Å². The number of phenolic OH excluding ortho intramolecular Hbond substituents is 1. The van der Waals surface area contributed by atoms with Crippen LogP contribution < -0.4 is 0 Å². The molecule has 1 N–H and O–H groups in total. The first-order chi connectivity index (χ1) is 9.63. The van der Waals surface area contributed by atoms with Crippen LogP contribution in [-0.4, -0.2) is 15.0 Å². The molecule has 20 heavy (non-hydrogen) atoms. The van der Waals surface area contributed by atoms with E-state index in [4.69, 9.17) is 0 Å². The van der Waals surface area contributed by atoms with Crippen LogP contribution >= 0.6 is 0 Å². The van der Waals surface area contributed by atoms with Gasteiger partial charge in [0.05, 0.1) is 16.1 Å². The first-order valence-electron chi connectivity index (χ1n) is 5.98. The Kier molecular flexibility index (Phi) is 2.80. The minimum absolute atomic E-state index is 0.0371. The summed E-state index contributed by atoms with van der Waals surface area (Å²) < 4.78 is 0. The van der Waals surface area contributed by atoms with Gasteiger partial charge in [0.25, 0.3) is 5.69 Å². The third-order valence-corrected chi connectivity index (χ3v) is 3.03. The topological polar surface area (TPSA) is 76.3 Å². The number of aromatic nitrogens is 1. The van der Waals surface area contributed by atoms with Gasteiger partial charge >= 0.3 is 0 Å². The molecule has 0 atom stereocenters. The number of phenols is 1. The summed E-state index contributed by atoms with van der Waals surface area (Å²) in [7, 11) is 0. The molecule has 0 unspecified atom stereocenters. The molecule has 0 aliphatic carbocycles. The van der Waals surface area contributed by atoms with Crippen molar-refractivity contribution in [3.8, 4) is 17.0 Å². The van der Waals surface area contributed by atoms with Crippen LogP contribution in [0.5, 0.6) is 5.75 Å². The fourth-order valence-electron chi connectivity index (χ4n) is 2.05. The number of fused-ring (bicyclic) bond motifs is 1. The van der Waals surface area contributed by atoms with Gasteiger partial charge in [-0.2, -0.15) is 0 Å². The number of nitrogens with zero attached hydrogens (tertiary/aromatic N) is 2. The maximum Gasteiger partial charge on any atom is 0.270 e. The monoisotopic (exact) mass is 266 g/mol. The van der Waals surface area contributed by atoms with Crippen molar-refractivity contribution < 1.29 is 10.0 Å². The Morgan fingerprint density at radius 1 is 1.05 bits per heavy atom. The van der Waals surface area contributed by atoms with Gasteiger partial charge in [-0.15, -0.1) is 0 Å². The SMILES string of the molecule is O=[N+]([O-])c1cccc(-c2ccc3cc(O)ccc3n2)c1. The molecule has 0 amide bonds. The number of aromatic hydroxyl groups is 1. The Labute approximate surface area is 114 Å². The molecule has 2 aromatic carbocycles.